The van der Waals surface area contributed by atoms with Crippen molar-refractivity contribution in [3.05, 3.63) is 82.3 Å². The first-order valence-corrected chi connectivity index (χ1v) is 10.7. The van der Waals surface area contributed by atoms with Crippen LogP contribution in [0.5, 0.6) is 17.4 Å². The van der Waals surface area contributed by atoms with E-state index in [0.29, 0.717) is 29.7 Å². The summed E-state index contributed by atoms with van der Waals surface area (Å²) < 4.78 is 12.0. The van der Waals surface area contributed by atoms with E-state index in [4.69, 9.17) is 9.47 Å². The van der Waals surface area contributed by atoms with E-state index in [0.717, 1.165) is 21.5 Å². The van der Waals surface area contributed by atoms with Crippen LogP contribution >= 0.6 is 15.9 Å². The summed E-state index contributed by atoms with van der Waals surface area (Å²) in [5.74, 6) is 0.877. The zero-order valence-corrected chi connectivity index (χ0v) is 18.8. The van der Waals surface area contributed by atoms with Gasteiger partial charge in [-0.1, -0.05) is 28.1 Å². The van der Waals surface area contributed by atoms with Gasteiger partial charge in [0.05, 0.1) is 12.1 Å². The van der Waals surface area contributed by atoms with Gasteiger partial charge in [-0.2, -0.15) is 0 Å². The molecule has 0 aliphatic heterocycles. The number of aromatic hydroxyl groups is 1. The van der Waals surface area contributed by atoms with Gasteiger partial charge in [-0.05, 0) is 67.1 Å². The van der Waals surface area contributed by atoms with E-state index >= 15 is 0 Å². The van der Waals surface area contributed by atoms with Crippen molar-refractivity contribution in [3.63, 3.8) is 0 Å². The summed E-state index contributed by atoms with van der Waals surface area (Å²) >= 11 is 3.39. The smallest absolute Gasteiger partial charge is 0.295 e. The maximum Gasteiger partial charge on any atom is 0.295 e. The van der Waals surface area contributed by atoms with Crippen LogP contribution in [-0.2, 0) is 6.61 Å². The molecule has 0 unspecified atom stereocenters. The number of carbonyl (C=O) groups is 1. The summed E-state index contributed by atoms with van der Waals surface area (Å²) in [7, 11) is 0. The first-order chi connectivity index (χ1) is 15.5. The largest absolute Gasteiger partial charge is 0.494 e. The minimum Gasteiger partial charge on any atom is -0.494 e. The van der Waals surface area contributed by atoms with Crippen molar-refractivity contribution < 1.29 is 19.4 Å². The Kier molecular flexibility index (Phi) is 6.51. The molecule has 4 aromatic rings. The predicted octanol–water partition coefficient (Wildman–Crippen LogP) is 6.54. The zero-order valence-electron chi connectivity index (χ0n) is 17.2. The Morgan fingerprint density at radius 1 is 1.00 bits per heavy atom. The number of azo groups is 1. The number of aromatic amines is 1. The van der Waals surface area contributed by atoms with E-state index in [1.165, 1.54) is 0 Å². The van der Waals surface area contributed by atoms with E-state index in [-0.39, 0.29) is 11.6 Å². The second-order valence-corrected chi connectivity index (χ2v) is 7.82. The first-order valence-electron chi connectivity index (χ1n) is 9.94. The molecule has 4 rings (SSSR count). The number of ether oxygens (including phenoxy) is 2. The van der Waals surface area contributed by atoms with Crippen LogP contribution in [0.4, 0.5) is 5.69 Å². The number of amides is 1. The number of carbonyl (C=O) groups excluding carboxylic acids is 1. The van der Waals surface area contributed by atoms with Gasteiger partial charge in [0.1, 0.15) is 18.1 Å². The average molecular weight is 494 g/mol. The fourth-order valence-electron chi connectivity index (χ4n) is 3.10. The summed E-state index contributed by atoms with van der Waals surface area (Å²) in [6.07, 6.45) is 0. The summed E-state index contributed by atoms with van der Waals surface area (Å²) in [6, 6.07) is 19.8. The lowest BCUT2D eigenvalue weighted by Gasteiger charge is -2.08. The molecule has 32 heavy (non-hydrogen) atoms. The number of fused-ring (bicyclic) bond motifs is 1. The molecule has 0 radical (unpaired) electrons. The monoisotopic (exact) mass is 493 g/mol. The van der Waals surface area contributed by atoms with Crippen LogP contribution in [0.25, 0.3) is 10.9 Å². The third-order valence-corrected chi connectivity index (χ3v) is 5.19. The maximum absolute atomic E-state index is 12.4. The number of hydrogen-bond donors (Lipinski definition) is 2. The van der Waals surface area contributed by atoms with Gasteiger partial charge < -0.3 is 19.6 Å². The summed E-state index contributed by atoms with van der Waals surface area (Å²) in [5, 5.41) is 18.5. The first kappa shape index (κ1) is 21.6. The molecule has 0 bridgehead atoms. The molecule has 0 atom stereocenters. The van der Waals surface area contributed by atoms with Crippen molar-refractivity contribution >= 4 is 38.4 Å². The lowest BCUT2D eigenvalue weighted by molar-refractivity contribution is 0.0995. The van der Waals surface area contributed by atoms with Crippen molar-refractivity contribution in [2.75, 3.05) is 6.61 Å². The SMILES string of the molecule is CCOc1ccc(OCc2ccc(C(=O)N=Nc3c(O)[nH]c4ccc(Br)cc34)cc2)cc1. The number of nitrogens with one attached hydrogen (secondary N) is 1. The van der Waals surface area contributed by atoms with Gasteiger partial charge >= 0.3 is 0 Å². The highest BCUT2D eigenvalue weighted by Gasteiger charge is 2.12. The Hall–Kier alpha value is -3.65. The fraction of sp³-hybridized carbons (Fsp3) is 0.125. The van der Waals surface area contributed by atoms with Gasteiger partial charge in [-0.25, -0.2) is 0 Å². The second kappa shape index (κ2) is 9.65. The number of hydrogen-bond acceptors (Lipinski definition) is 5. The Labute approximate surface area is 192 Å². The van der Waals surface area contributed by atoms with E-state index in [2.05, 4.69) is 31.1 Å². The molecule has 0 aliphatic carbocycles. The van der Waals surface area contributed by atoms with Crippen LogP contribution in [-0.4, -0.2) is 22.6 Å². The highest BCUT2D eigenvalue weighted by molar-refractivity contribution is 9.10. The molecule has 7 nitrogen and oxygen atoms in total. The molecule has 162 valence electrons. The third-order valence-electron chi connectivity index (χ3n) is 4.70. The Balaban J connectivity index is 1.40. The van der Waals surface area contributed by atoms with Gasteiger partial charge in [-0.3, -0.25) is 4.79 Å². The van der Waals surface area contributed by atoms with Gasteiger partial charge in [0.15, 0.2) is 5.69 Å². The fourth-order valence-corrected chi connectivity index (χ4v) is 3.46. The molecule has 1 amide bonds. The van der Waals surface area contributed by atoms with Gasteiger partial charge in [0.25, 0.3) is 5.91 Å². The third kappa shape index (κ3) is 4.97. The lowest BCUT2D eigenvalue weighted by Crippen LogP contribution is -1.98. The zero-order chi connectivity index (χ0) is 22.5. The molecule has 8 heteroatoms. The number of benzene rings is 3. The molecule has 2 N–H and O–H groups in total. The molecule has 0 saturated heterocycles. The van der Waals surface area contributed by atoms with E-state index in [1.807, 2.05) is 37.3 Å². The van der Waals surface area contributed by atoms with Crippen LogP contribution < -0.4 is 9.47 Å². The summed E-state index contributed by atoms with van der Waals surface area (Å²) in [4.78, 5) is 15.2. The highest BCUT2D eigenvalue weighted by atomic mass is 79.9. The molecule has 0 aliphatic rings. The topological polar surface area (TPSA) is 96.3 Å². The van der Waals surface area contributed by atoms with Crippen LogP contribution in [0.3, 0.4) is 0 Å². The normalized spacial score (nSPS) is 11.2. The number of halogens is 1. The summed E-state index contributed by atoms with van der Waals surface area (Å²) in [6.45, 7) is 2.92. The minimum absolute atomic E-state index is 0.142. The van der Waals surface area contributed by atoms with Gasteiger partial charge in [-0.15, -0.1) is 10.2 Å². The molecule has 3 aromatic carbocycles. The molecule has 1 heterocycles. The van der Waals surface area contributed by atoms with Crippen molar-refractivity contribution in [3.8, 4) is 17.4 Å². The van der Waals surface area contributed by atoms with Crippen LogP contribution in [0.2, 0.25) is 0 Å². The second-order valence-electron chi connectivity index (χ2n) is 6.91. The molecule has 0 spiro atoms. The predicted molar refractivity (Wildman–Crippen MR) is 125 cm³/mol. The van der Waals surface area contributed by atoms with Gasteiger partial charge in [0.2, 0.25) is 5.88 Å². The highest BCUT2D eigenvalue weighted by Crippen LogP contribution is 2.36. The Morgan fingerprint density at radius 2 is 1.69 bits per heavy atom. The summed E-state index contributed by atoms with van der Waals surface area (Å²) in [5.41, 5.74) is 2.21. The number of rotatable bonds is 7. The van der Waals surface area contributed by atoms with Crippen LogP contribution in [0, 0.1) is 0 Å². The van der Waals surface area contributed by atoms with Crippen molar-refractivity contribution in [2.24, 2.45) is 10.2 Å². The van der Waals surface area contributed by atoms with Crippen LogP contribution in [0.15, 0.2) is 81.4 Å². The quantitative estimate of drug-likeness (QED) is 0.285. The number of aromatic nitrogens is 1. The maximum atomic E-state index is 12.4. The van der Waals surface area contributed by atoms with Crippen LogP contribution in [0.1, 0.15) is 22.8 Å². The standard InChI is InChI=1S/C24H20BrN3O4/c1-2-31-18-8-10-19(11-9-18)32-14-15-3-5-16(6-4-15)23(29)28-27-22-20-13-17(25)7-12-21(20)26-24(22)30/h3-13,26,30H,2,14H2,1H3. The Morgan fingerprint density at radius 3 is 2.38 bits per heavy atom. The van der Waals surface area contributed by atoms with E-state index in [1.54, 1.807) is 36.4 Å². The Bertz CT molecular complexity index is 1270. The van der Waals surface area contributed by atoms with Crippen molar-refractivity contribution in [2.45, 2.75) is 13.5 Å². The average Bonchev–Trinajstić information content (AvgIpc) is 3.11. The van der Waals surface area contributed by atoms with Crippen molar-refractivity contribution in [1.29, 1.82) is 0 Å². The number of nitrogens with zero attached hydrogens (tertiary/aromatic N) is 2. The lowest BCUT2D eigenvalue weighted by atomic mass is 10.1. The molecular formula is C24H20BrN3O4. The van der Waals surface area contributed by atoms with Gasteiger partial charge in [0, 0.05) is 15.4 Å². The van der Waals surface area contributed by atoms with E-state index in [9.17, 15) is 9.90 Å². The molecular weight excluding hydrogens is 474 g/mol. The van der Waals surface area contributed by atoms with E-state index < -0.39 is 5.91 Å². The van der Waals surface area contributed by atoms with Crippen molar-refractivity contribution in [1.82, 2.24) is 4.98 Å². The molecule has 0 fully saturated rings. The molecule has 1 aromatic heterocycles. The molecule has 0 saturated carbocycles. The minimum atomic E-state index is -0.507. The number of H-pyrrole nitrogens is 1.